The summed E-state index contributed by atoms with van der Waals surface area (Å²) in [5.41, 5.74) is 2.08. The molecule has 0 radical (unpaired) electrons. The van der Waals surface area contributed by atoms with E-state index in [0.29, 0.717) is 11.3 Å². The van der Waals surface area contributed by atoms with Crippen molar-refractivity contribution in [2.75, 3.05) is 0 Å². The predicted molar refractivity (Wildman–Crippen MR) is 91.9 cm³/mol. The number of phenolic OH excluding ortho intramolecular Hbond substituents is 1. The minimum absolute atomic E-state index is 0.00555. The van der Waals surface area contributed by atoms with E-state index in [2.05, 4.69) is 10.5 Å². The second kappa shape index (κ2) is 7.83. The highest BCUT2D eigenvalue weighted by atomic mass is 16.6. The number of benzene rings is 2. The van der Waals surface area contributed by atoms with Crippen LogP contribution in [-0.4, -0.2) is 26.6 Å². The Hall–Kier alpha value is -3.82. The zero-order chi connectivity index (χ0) is 19.3. The SMILES string of the molecule is CC(=NNC(=O)Cc1ccc([N+](=O)[O-])cc1[N+](=O)[O-])c1ccccc1O. The Morgan fingerprint density at radius 1 is 1.15 bits per heavy atom. The van der Waals surface area contributed by atoms with Crippen LogP contribution in [0.2, 0.25) is 0 Å². The highest BCUT2D eigenvalue weighted by Gasteiger charge is 2.21. The molecule has 1 amide bonds. The molecule has 0 saturated heterocycles. The second-order valence-electron chi connectivity index (χ2n) is 5.25. The molecule has 26 heavy (non-hydrogen) atoms. The van der Waals surface area contributed by atoms with Gasteiger partial charge in [-0.05, 0) is 25.1 Å². The Morgan fingerprint density at radius 3 is 2.46 bits per heavy atom. The molecule has 0 aliphatic heterocycles. The average molecular weight is 358 g/mol. The van der Waals surface area contributed by atoms with Gasteiger partial charge < -0.3 is 5.11 Å². The second-order valence-corrected chi connectivity index (χ2v) is 5.25. The summed E-state index contributed by atoms with van der Waals surface area (Å²) in [5.74, 6) is -0.647. The van der Waals surface area contributed by atoms with Crippen molar-refractivity contribution in [3.63, 3.8) is 0 Å². The van der Waals surface area contributed by atoms with Gasteiger partial charge in [0.25, 0.3) is 11.4 Å². The monoisotopic (exact) mass is 358 g/mol. The standard InChI is InChI=1S/C16H14N4O6/c1-10(13-4-2-3-5-15(13)21)17-18-16(22)8-11-6-7-12(19(23)24)9-14(11)20(25)26/h2-7,9,21H,8H2,1H3,(H,18,22). The molecule has 0 atom stereocenters. The van der Waals surface area contributed by atoms with E-state index in [9.17, 15) is 30.1 Å². The van der Waals surface area contributed by atoms with Gasteiger partial charge >= 0.3 is 0 Å². The number of carbonyl (C=O) groups excluding carboxylic acids is 1. The number of hydrogen-bond donors (Lipinski definition) is 2. The van der Waals surface area contributed by atoms with Gasteiger partial charge in [-0.3, -0.25) is 25.0 Å². The molecule has 0 aliphatic carbocycles. The fourth-order valence-corrected chi connectivity index (χ4v) is 2.18. The molecule has 0 saturated carbocycles. The number of rotatable bonds is 6. The van der Waals surface area contributed by atoms with Crippen molar-refractivity contribution in [1.29, 1.82) is 0 Å². The maximum absolute atomic E-state index is 12.0. The van der Waals surface area contributed by atoms with Crippen molar-refractivity contribution in [3.05, 3.63) is 73.8 Å². The molecule has 134 valence electrons. The smallest absolute Gasteiger partial charge is 0.279 e. The lowest BCUT2D eigenvalue weighted by molar-refractivity contribution is -0.394. The first-order valence-electron chi connectivity index (χ1n) is 7.32. The Bertz CT molecular complexity index is 909. The Labute approximate surface area is 147 Å². The molecule has 0 aromatic heterocycles. The number of non-ortho nitro benzene ring substituents is 1. The van der Waals surface area contributed by atoms with Crippen LogP contribution >= 0.6 is 0 Å². The molecular formula is C16H14N4O6. The summed E-state index contributed by atoms with van der Waals surface area (Å²) in [7, 11) is 0. The molecule has 2 N–H and O–H groups in total. The molecule has 2 aromatic carbocycles. The average Bonchev–Trinajstić information content (AvgIpc) is 2.60. The highest BCUT2D eigenvalue weighted by molar-refractivity contribution is 6.01. The zero-order valence-electron chi connectivity index (χ0n) is 13.6. The van der Waals surface area contributed by atoms with Crippen LogP contribution in [-0.2, 0) is 11.2 Å². The van der Waals surface area contributed by atoms with Gasteiger partial charge in [0.2, 0.25) is 5.91 Å². The number of hydrazone groups is 1. The van der Waals surface area contributed by atoms with Gasteiger partial charge in [-0.25, -0.2) is 5.43 Å². The largest absolute Gasteiger partial charge is 0.507 e. The van der Waals surface area contributed by atoms with Crippen LogP contribution in [0.1, 0.15) is 18.1 Å². The predicted octanol–water partition coefficient (Wildman–Crippen LogP) is 2.29. The van der Waals surface area contributed by atoms with Gasteiger partial charge in [-0.2, -0.15) is 5.10 Å². The Morgan fingerprint density at radius 2 is 1.85 bits per heavy atom. The van der Waals surface area contributed by atoms with Gasteiger partial charge in [-0.1, -0.05) is 12.1 Å². The van der Waals surface area contributed by atoms with Gasteiger partial charge in [0, 0.05) is 17.2 Å². The van der Waals surface area contributed by atoms with E-state index in [0.717, 1.165) is 18.2 Å². The van der Waals surface area contributed by atoms with Crippen molar-refractivity contribution in [1.82, 2.24) is 5.43 Å². The maximum Gasteiger partial charge on any atom is 0.279 e. The molecule has 0 heterocycles. The lowest BCUT2D eigenvalue weighted by Crippen LogP contribution is -2.21. The number of amides is 1. The first-order chi connectivity index (χ1) is 12.3. The molecule has 0 spiro atoms. The Balaban J connectivity index is 2.15. The molecule has 10 heteroatoms. The minimum Gasteiger partial charge on any atom is -0.507 e. The van der Waals surface area contributed by atoms with Crippen molar-refractivity contribution in [3.8, 4) is 5.75 Å². The minimum atomic E-state index is -0.786. The van der Waals surface area contributed by atoms with E-state index in [1.165, 1.54) is 6.07 Å². The first kappa shape index (κ1) is 18.5. The van der Waals surface area contributed by atoms with E-state index >= 15 is 0 Å². The van der Waals surface area contributed by atoms with E-state index in [1.54, 1.807) is 25.1 Å². The molecule has 0 unspecified atom stereocenters. The molecule has 10 nitrogen and oxygen atoms in total. The quantitative estimate of drug-likeness (QED) is 0.460. The number of para-hydroxylation sites is 1. The number of nitrogens with one attached hydrogen (secondary N) is 1. The summed E-state index contributed by atoms with van der Waals surface area (Å²) >= 11 is 0. The van der Waals surface area contributed by atoms with E-state index in [4.69, 9.17) is 0 Å². The number of aromatic hydroxyl groups is 1. The fraction of sp³-hybridized carbons (Fsp3) is 0.125. The number of nitro benzene ring substituents is 2. The molecular weight excluding hydrogens is 344 g/mol. The van der Waals surface area contributed by atoms with Crippen molar-refractivity contribution < 1.29 is 19.7 Å². The maximum atomic E-state index is 12.0. The summed E-state index contributed by atoms with van der Waals surface area (Å²) in [6.07, 6.45) is -0.383. The summed E-state index contributed by atoms with van der Waals surface area (Å²) in [5, 5.41) is 35.4. The fourth-order valence-electron chi connectivity index (χ4n) is 2.18. The van der Waals surface area contributed by atoms with E-state index in [-0.39, 0.29) is 17.7 Å². The number of hydrogen-bond acceptors (Lipinski definition) is 7. The third-order valence-corrected chi connectivity index (χ3v) is 3.47. The number of carbonyl (C=O) groups is 1. The molecule has 0 aliphatic rings. The Kier molecular flexibility index (Phi) is 5.58. The summed E-state index contributed by atoms with van der Waals surface area (Å²) in [4.78, 5) is 32.2. The van der Waals surface area contributed by atoms with Gasteiger partial charge in [0.1, 0.15) is 5.75 Å². The molecule has 2 aromatic rings. The highest BCUT2D eigenvalue weighted by Crippen LogP contribution is 2.25. The van der Waals surface area contributed by atoms with Crippen molar-refractivity contribution >= 4 is 23.0 Å². The van der Waals surface area contributed by atoms with Crippen LogP contribution in [0.15, 0.2) is 47.6 Å². The van der Waals surface area contributed by atoms with Crippen LogP contribution in [0.5, 0.6) is 5.75 Å². The van der Waals surface area contributed by atoms with Crippen LogP contribution in [0.3, 0.4) is 0 Å². The number of phenols is 1. The number of nitro groups is 2. The van der Waals surface area contributed by atoms with Crippen LogP contribution in [0.25, 0.3) is 0 Å². The lowest BCUT2D eigenvalue weighted by atomic mass is 10.1. The summed E-state index contributed by atoms with van der Waals surface area (Å²) < 4.78 is 0. The third kappa shape index (κ3) is 4.38. The van der Waals surface area contributed by atoms with E-state index < -0.39 is 27.1 Å². The lowest BCUT2D eigenvalue weighted by Gasteiger charge is -2.05. The van der Waals surface area contributed by atoms with Crippen LogP contribution in [0, 0.1) is 20.2 Å². The first-order valence-corrected chi connectivity index (χ1v) is 7.32. The number of nitrogens with zero attached hydrogens (tertiary/aromatic N) is 3. The topological polar surface area (TPSA) is 148 Å². The van der Waals surface area contributed by atoms with Gasteiger partial charge in [0.05, 0.1) is 28.0 Å². The zero-order valence-corrected chi connectivity index (χ0v) is 13.6. The summed E-state index contributed by atoms with van der Waals surface area (Å²) in [6, 6.07) is 9.47. The van der Waals surface area contributed by atoms with Crippen LogP contribution in [0.4, 0.5) is 11.4 Å². The van der Waals surface area contributed by atoms with Crippen molar-refractivity contribution in [2.24, 2.45) is 5.10 Å². The summed E-state index contributed by atoms with van der Waals surface area (Å²) in [6.45, 7) is 1.57. The van der Waals surface area contributed by atoms with E-state index in [1.807, 2.05) is 0 Å². The molecule has 2 rings (SSSR count). The normalized spacial score (nSPS) is 11.0. The van der Waals surface area contributed by atoms with Crippen molar-refractivity contribution in [2.45, 2.75) is 13.3 Å². The third-order valence-electron chi connectivity index (χ3n) is 3.47. The van der Waals surface area contributed by atoms with Gasteiger partial charge in [0.15, 0.2) is 0 Å². The molecule has 0 fully saturated rings. The van der Waals surface area contributed by atoms with Crippen LogP contribution < -0.4 is 5.43 Å². The van der Waals surface area contributed by atoms with Gasteiger partial charge in [-0.15, -0.1) is 0 Å². The molecule has 0 bridgehead atoms.